The fourth-order valence-electron chi connectivity index (χ4n) is 1.41. The van der Waals surface area contributed by atoms with E-state index in [9.17, 15) is 4.79 Å². The van der Waals surface area contributed by atoms with Gasteiger partial charge in [-0.2, -0.15) is 0 Å². The lowest BCUT2D eigenvalue weighted by Crippen LogP contribution is -2.36. The van der Waals surface area contributed by atoms with Crippen LogP contribution in [-0.2, 0) is 4.79 Å². The number of carbonyl (C=O) groups is 1. The lowest BCUT2D eigenvalue weighted by Gasteiger charge is -2.03. The summed E-state index contributed by atoms with van der Waals surface area (Å²) in [6.07, 6.45) is 6.27. The van der Waals surface area contributed by atoms with Crippen LogP contribution in [-0.4, -0.2) is 21.0 Å². The molecule has 13 heavy (non-hydrogen) atoms. The highest BCUT2D eigenvalue weighted by Gasteiger charge is 2.12. The van der Waals surface area contributed by atoms with Crippen LogP contribution in [0.5, 0.6) is 0 Å². The summed E-state index contributed by atoms with van der Waals surface area (Å²) < 4.78 is 0. The Hall–Kier alpha value is -1.71. The minimum Gasteiger partial charge on any atom is -0.478 e. The van der Waals surface area contributed by atoms with Crippen LogP contribution >= 0.6 is 0 Å². The van der Waals surface area contributed by atoms with Gasteiger partial charge in [-0.1, -0.05) is 6.08 Å². The smallest absolute Gasteiger partial charge is 0.333 e. The maximum Gasteiger partial charge on any atom is 0.333 e. The predicted molar refractivity (Wildman–Crippen MR) is 46.0 cm³/mol. The van der Waals surface area contributed by atoms with Gasteiger partial charge >= 0.3 is 5.97 Å². The van der Waals surface area contributed by atoms with Crippen molar-refractivity contribution >= 4 is 17.6 Å². The highest BCUT2D eigenvalue weighted by atomic mass is 16.4. The Morgan fingerprint density at radius 3 is 2.92 bits per heavy atom. The van der Waals surface area contributed by atoms with E-state index in [0.717, 1.165) is 6.42 Å². The second kappa shape index (κ2) is 2.97. The van der Waals surface area contributed by atoms with Crippen molar-refractivity contribution in [2.45, 2.75) is 12.8 Å². The summed E-state index contributed by atoms with van der Waals surface area (Å²) in [7, 11) is 0. The van der Waals surface area contributed by atoms with Gasteiger partial charge in [0.05, 0.1) is 16.3 Å². The molecule has 1 aromatic heterocycles. The van der Waals surface area contributed by atoms with Gasteiger partial charge in [-0.15, -0.1) is 0 Å². The van der Waals surface area contributed by atoms with Gasteiger partial charge in [0.2, 0.25) is 0 Å². The summed E-state index contributed by atoms with van der Waals surface area (Å²) in [6, 6.07) is 0. The summed E-state index contributed by atoms with van der Waals surface area (Å²) in [5, 5.41) is 10.1. The number of hydrogen-bond donors (Lipinski definition) is 1. The summed E-state index contributed by atoms with van der Waals surface area (Å²) >= 11 is 0. The Labute approximate surface area is 74.3 Å². The van der Waals surface area contributed by atoms with Crippen LogP contribution in [0.25, 0.3) is 11.6 Å². The molecule has 1 aromatic rings. The van der Waals surface area contributed by atoms with Crippen LogP contribution in [0.15, 0.2) is 12.4 Å². The normalized spacial score (nSPS) is 14.6. The zero-order valence-corrected chi connectivity index (χ0v) is 6.90. The third-order valence-corrected chi connectivity index (χ3v) is 2.00. The van der Waals surface area contributed by atoms with Crippen LogP contribution in [0.2, 0.25) is 0 Å². The molecule has 0 fully saturated rings. The molecule has 4 nitrogen and oxygen atoms in total. The van der Waals surface area contributed by atoms with E-state index in [2.05, 4.69) is 9.97 Å². The van der Waals surface area contributed by atoms with Gasteiger partial charge in [-0.25, -0.2) is 4.79 Å². The molecule has 2 rings (SSSR count). The Bertz CT molecular complexity index is 465. The second-order valence-electron chi connectivity index (χ2n) is 2.82. The molecule has 0 amide bonds. The SMILES string of the molecule is O=C(O)C1=c2nccnc2=CCC1. The Morgan fingerprint density at radius 2 is 2.15 bits per heavy atom. The number of fused-ring (bicyclic) bond motifs is 1. The summed E-state index contributed by atoms with van der Waals surface area (Å²) in [5.74, 6) is -0.894. The minimum absolute atomic E-state index is 0.366. The van der Waals surface area contributed by atoms with Crippen molar-refractivity contribution in [3.05, 3.63) is 23.1 Å². The molecule has 1 N–H and O–H groups in total. The first-order chi connectivity index (χ1) is 6.29. The van der Waals surface area contributed by atoms with E-state index in [0.29, 0.717) is 22.7 Å². The molecular weight excluding hydrogens is 168 g/mol. The highest BCUT2D eigenvalue weighted by Crippen LogP contribution is 2.06. The zero-order chi connectivity index (χ0) is 9.26. The number of carboxylic acid groups (broad SMARTS) is 1. The third-order valence-electron chi connectivity index (χ3n) is 2.00. The molecule has 4 heteroatoms. The molecule has 66 valence electrons. The first-order valence-electron chi connectivity index (χ1n) is 4.03. The van der Waals surface area contributed by atoms with Crippen molar-refractivity contribution in [2.75, 3.05) is 0 Å². The maximum absolute atomic E-state index is 10.8. The molecule has 1 aliphatic rings. The van der Waals surface area contributed by atoms with Gasteiger partial charge < -0.3 is 5.11 Å². The monoisotopic (exact) mass is 176 g/mol. The van der Waals surface area contributed by atoms with Gasteiger partial charge in [0, 0.05) is 12.4 Å². The molecule has 0 bridgehead atoms. The first kappa shape index (κ1) is 7.91. The van der Waals surface area contributed by atoms with Crippen LogP contribution < -0.4 is 10.7 Å². The fraction of sp³-hybridized carbons (Fsp3) is 0.222. The molecule has 0 saturated carbocycles. The van der Waals surface area contributed by atoms with E-state index in [1.165, 1.54) is 6.20 Å². The van der Waals surface area contributed by atoms with E-state index in [-0.39, 0.29) is 0 Å². The number of aliphatic carboxylic acids is 1. The maximum atomic E-state index is 10.8. The molecule has 0 atom stereocenters. The molecule has 0 spiro atoms. The van der Waals surface area contributed by atoms with E-state index in [1.807, 2.05) is 6.08 Å². The summed E-state index contributed by atoms with van der Waals surface area (Å²) in [4.78, 5) is 18.9. The number of hydrogen-bond acceptors (Lipinski definition) is 3. The van der Waals surface area contributed by atoms with Gasteiger partial charge in [0.25, 0.3) is 0 Å². The summed E-state index contributed by atoms with van der Waals surface area (Å²) in [5.41, 5.74) is 0.366. The molecule has 1 heterocycles. The topological polar surface area (TPSA) is 63.1 Å². The zero-order valence-electron chi connectivity index (χ0n) is 6.90. The molecule has 0 radical (unpaired) electrons. The Kier molecular flexibility index (Phi) is 1.81. The van der Waals surface area contributed by atoms with Gasteiger partial charge in [0.15, 0.2) is 0 Å². The predicted octanol–water partition coefficient (Wildman–Crippen LogP) is -0.714. The largest absolute Gasteiger partial charge is 0.478 e. The highest BCUT2D eigenvalue weighted by molar-refractivity contribution is 6.08. The van der Waals surface area contributed by atoms with Crippen LogP contribution in [0.4, 0.5) is 0 Å². The third kappa shape index (κ3) is 1.30. The number of nitrogens with zero attached hydrogens (tertiary/aromatic N) is 2. The second-order valence-corrected chi connectivity index (χ2v) is 2.82. The van der Waals surface area contributed by atoms with Crippen molar-refractivity contribution in [3.8, 4) is 0 Å². The first-order valence-corrected chi connectivity index (χ1v) is 4.03. The molecular formula is C9H8N2O2. The Balaban J connectivity index is 2.83. The average Bonchev–Trinajstić information content (AvgIpc) is 2.17. The van der Waals surface area contributed by atoms with Gasteiger partial charge in [0.1, 0.15) is 0 Å². The lowest BCUT2D eigenvalue weighted by atomic mass is 10.1. The van der Waals surface area contributed by atoms with Crippen LogP contribution in [0.1, 0.15) is 12.8 Å². The van der Waals surface area contributed by atoms with Crippen molar-refractivity contribution in [1.29, 1.82) is 0 Å². The molecule has 1 aliphatic carbocycles. The fourth-order valence-corrected chi connectivity index (χ4v) is 1.41. The van der Waals surface area contributed by atoms with E-state index in [4.69, 9.17) is 5.11 Å². The van der Waals surface area contributed by atoms with Gasteiger partial charge in [-0.3, -0.25) is 9.97 Å². The van der Waals surface area contributed by atoms with Crippen LogP contribution in [0, 0.1) is 0 Å². The van der Waals surface area contributed by atoms with Crippen molar-refractivity contribution in [1.82, 2.24) is 9.97 Å². The van der Waals surface area contributed by atoms with Crippen LogP contribution in [0.3, 0.4) is 0 Å². The number of rotatable bonds is 1. The lowest BCUT2D eigenvalue weighted by molar-refractivity contribution is -0.130. The van der Waals surface area contributed by atoms with E-state index in [1.54, 1.807) is 6.20 Å². The molecule has 0 unspecified atom stereocenters. The van der Waals surface area contributed by atoms with E-state index >= 15 is 0 Å². The molecule has 0 aromatic carbocycles. The van der Waals surface area contributed by atoms with E-state index < -0.39 is 5.97 Å². The quantitative estimate of drug-likeness (QED) is 0.613. The minimum atomic E-state index is -0.894. The van der Waals surface area contributed by atoms with Crippen molar-refractivity contribution < 1.29 is 9.90 Å². The summed E-state index contributed by atoms with van der Waals surface area (Å²) in [6.45, 7) is 0. The van der Waals surface area contributed by atoms with Crippen molar-refractivity contribution in [3.63, 3.8) is 0 Å². The Morgan fingerprint density at radius 1 is 1.38 bits per heavy atom. The van der Waals surface area contributed by atoms with Crippen molar-refractivity contribution in [2.24, 2.45) is 0 Å². The molecule has 0 saturated heterocycles. The molecule has 0 aliphatic heterocycles. The number of aromatic nitrogens is 2. The average molecular weight is 176 g/mol. The van der Waals surface area contributed by atoms with Gasteiger partial charge in [-0.05, 0) is 12.8 Å². The standard InChI is InChI=1S/C9H8N2O2/c12-9(13)6-2-1-3-7-8(6)11-5-4-10-7/h3-5H,1-2H2,(H,12,13). The number of carboxylic acids is 1.